The van der Waals surface area contributed by atoms with Crippen molar-refractivity contribution in [3.8, 4) is 0 Å². The van der Waals surface area contributed by atoms with Gasteiger partial charge in [0.2, 0.25) is 10.0 Å². The number of nitrogens with one attached hydrogen (secondary N) is 1. The highest BCUT2D eigenvalue weighted by molar-refractivity contribution is 9.10. The number of rotatable bonds is 6. The molecule has 0 saturated carbocycles. The summed E-state index contributed by atoms with van der Waals surface area (Å²) in [6.45, 7) is 1.13. The minimum absolute atomic E-state index is 0.0797. The molecule has 0 aliphatic heterocycles. The summed E-state index contributed by atoms with van der Waals surface area (Å²) in [7, 11) is 0.166. The highest BCUT2D eigenvalue weighted by Crippen LogP contribution is 2.32. The zero-order valence-electron chi connectivity index (χ0n) is 10.6. The lowest BCUT2D eigenvalue weighted by atomic mass is 10.4. The van der Waals surface area contributed by atoms with Gasteiger partial charge >= 0.3 is 0 Å². The van der Waals surface area contributed by atoms with E-state index in [-0.39, 0.29) is 14.9 Å². The van der Waals surface area contributed by atoms with Crippen LogP contribution in [0.2, 0.25) is 10.0 Å². The molecule has 1 N–H and O–H groups in total. The predicted octanol–water partition coefficient (Wildman–Crippen LogP) is 2.99. The number of hydrogen-bond donors (Lipinski definition) is 1. The van der Waals surface area contributed by atoms with Crippen LogP contribution in [0.4, 0.5) is 0 Å². The Labute approximate surface area is 132 Å². The van der Waals surface area contributed by atoms with Crippen LogP contribution in [0.5, 0.6) is 0 Å². The van der Waals surface area contributed by atoms with Gasteiger partial charge in [0.1, 0.15) is 4.90 Å². The molecule has 0 aliphatic rings. The van der Waals surface area contributed by atoms with Gasteiger partial charge in [-0.3, -0.25) is 0 Å². The number of nitrogens with zero attached hydrogens (tertiary/aromatic N) is 1. The lowest BCUT2D eigenvalue weighted by Gasteiger charge is -2.12. The highest BCUT2D eigenvalue weighted by Gasteiger charge is 2.21. The van der Waals surface area contributed by atoms with Crippen molar-refractivity contribution >= 4 is 49.2 Å². The summed E-state index contributed by atoms with van der Waals surface area (Å²) < 4.78 is 27.4. The van der Waals surface area contributed by atoms with E-state index < -0.39 is 10.0 Å². The van der Waals surface area contributed by atoms with Gasteiger partial charge in [-0.2, -0.15) is 0 Å². The van der Waals surface area contributed by atoms with Gasteiger partial charge in [0.15, 0.2) is 0 Å². The van der Waals surface area contributed by atoms with Gasteiger partial charge in [-0.15, -0.1) is 0 Å². The molecule has 8 heteroatoms. The fourth-order valence-corrected chi connectivity index (χ4v) is 4.47. The Kier molecular flexibility index (Phi) is 6.56. The molecular formula is C11H15BrCl2N2O2S. The van der Waals surface area contributed by atoms with Gasteiger partial charge in [-0.25, -0.2) is 13.1 Å². The Morgan fingerprint density at radius 2 is 1.79 bits per heavy atom. The molecule has 1 rings (SSSR count). The largest absolute Gasteiger partial charge is 0.309 e. The van der Waals surface area contributed by atoms with Crippen molar-refractivity contribution in [3.63, 3.8) is 0 Å². The van der Waals surface area contributed by atoms with Gasteiger partial charge in [0, 0.05) is 11.0 Å². The zero-order chi connectivity index (χ0) is 14.6. The van der Waals surface area contributed by atoms with Crippen LogP contribution < -0.4 is 4.72 Å². The van der Waals surface area contributed by atoms with Gasteiger partial charge < -0.3 is 4.90 Å². The Morgan fingerprint density at radius 3 is 2.26 bits per heavy atom. The lowest BCUT2D eigenvalue weighted by Crippen LogP contribution is -2.27. The molecule has 0 atom stereocenters. The topological polar surface area (TPSA) is 49.4 Å². The first-order chi connectivity index (χ1) is 8.74. The van der Waals surface area contributed by atoms with E-state index in [1.54, 1.807) is 0 Å². The van der Waals surface area contributed by atoms with Gasteiger partial charge in [-0.1, -0.05) is 39.1 Å². The third kappa shape index (κ3) is 5.21. The SMILES string of the molecule is CN(C)CCCNS(=O)(=O)c1c(Cl)cc(Br)cc1Cl. The molecule has 0 spiro atoms. The van der Waals surface area contributed by atoms with E-state index in [0.717, 1.165) is 6.54 Å². The fraction of sp³-hybridized carbons (Fsp3) is 0.455. The molecule has 0 heterocycles. The molecule has 1 aromatic rings. The van der Waals surface area contributed by atoms with Gasteiger partial charge in [0.05, 0.1) is 10.0 Å². The number of halogens is 3. The van der Waals surface area contributed by atoms with Crippen LogP contribution in [-0.2, 0) is 10.0 Å². The molecule has 0 saturated heterocycles. The van der Waals surface area contributed by atoms with Crippen LogP contribution in [-0.4, -0.2) is 40.5 Å². The normalized spacial score (nSPS) is 12.1. The van der Waals surface area contributed by atoms with Gasteiger partial charge in [0.25, 0.3) is 0 Å². The average molecular weight is 390 g/mol. The van der Waals surface area contributed by atoms with Crippen LogP contribution in [0.25, 0.3) is 0 Å². The van der Waals surface area contributed by atoms with Crippen molar-refractivity contribution in [2.45, 2.75) is 11.3 Å². The van der Waals surface area contributed by atoms with Crippen molar-refractivity contribution in [2.24, 2.45) is 0 Å². The predicted molar refractivity (Wildman–Crippen MR) is 82.5 cm³/mol. The van der Waals surface area contributed by atoms with Crippen LogP contribution in [0.3, 0.4) is 0 Å². The van der Waals surface area contributed by atoms with Crippen molar-refractivity contribution in [1.82, 2.24) is 9.62 Å². The standard InChI is InChI=1S/C11H15BrCl2N2O2S/c1-16(2)5-3-4-15-19(17,18)11-9(13)6-8(12)7-10(11)14/h6-7,15H,3-5H2,1-2H3. The second-order valence-electron chi connectivity index (χ2n) is 4.25. The quantitative estimate of drug-likeness (QED) is 0.760. The summed E-state index contributed by atoms with van der Waals surface area (Å²) in [5, 5.41) is 0.193. The van der Waals surface area contributed by atoms with Crippen molar-refractivity contribution in [1.29, 1.82) is 0 Å². The molecule has 1 aromatic carbocycles. The average Bonchev–Trinajstić information content (AvgIpc) is 2.22. The maximum Gasteiger partial charge on any atom is 0.243 e. The van der Waals surface area contributed by atoms with Crippen molar-refractivity contribution in [2.75, 3.05) is 27.2 Å². The first kappa shape index (κ1) is 17.2. The molecular weight excluding hydrogens is 375 g/mol. The van der Waals surface area contributed by atoms with Crippen LogP contribution >= 0.6 is 39.1 Å². The highest BCUT2D eigenvalue weighted by atomic mass is 79.9. The first-order valence-corrected chi connectivity index (χ1v) is 8.56. The minimum atomic E-state index is -3.69. The van der Waals surface area contributed by atoms with E-state index in [1.165, 1.54) is 12.1 Å². The van der Waals surface area contributed by atoms with E-state index >= 15 is 0 Å². The van der Waals surface area contributed by atoms with E-state index in [1.807, 2.05) is 19.0 Å². The molecule has 0 amide bonds. The van der Waals surface area contributed by atoms with Crippen LogP contribution in [0.15, 0.2) is 21.5 Å². The summed E-state index contributed by atoms with van der Waals surface area (Å²) in [6, 6.07) is 3.00. The third-order valence-electron chi connectivity index (χ3n) is 2.31. The monoisotopic (exact) mass is 388 g/mol. The van der Waals surface area contributed by atoms with Crippen LogP contribution in [0, 0.1) is 0 Å². The van der Waals surface area contributed by atoms with Crippen molar-refractivity contribution < 1.29 is 8.42 Å². The molecule has 108 valence electrons. The van der Waals surface area contributed by atoms with Crippen molar-refractivity contribution in [3.05, 3.63) is 26.7 Å². The molecule has 0 aliphatic carbocycles. The summed E-state index contributed by atoms with van der Waals surface area (Å²) in [5.74, 6) is 0. The minimum Gasteiger partial charge on any atom is -0.309 e. The van der Waals surface area contributed by atoms with E-state index in [0.29, 0.717) is 17.4 Å². The number of hydrogen-bond acceptors (Lipinski definition) is 3. The molecule has 4 nitrogen and oxygen atoms in total. The van der Waals surface area contributed by atoms with E-state index in [9.17, 15) is 8.42 Å². The molecule has 0 fully saturated rings. The Balaban J connectivity index is 2.84. The second-order valence-corrected chi connectivity index (χ2v) is 7.69. The molecule has 0 radical (unpaired) electrons. The Morgan fingerprint density at radius 1 is 1.26 bits per heavy atom. The maximum atomic E-state index is 12.1. The summed E-state index contributed by atoms with van der Waals surface area (Å²) in [5.41, 5.74) is 0. The maximum absolute atomic E-state index is 12.1. The summed E-state index contributed by atoms with van der Waals surface area (Å²) in [4.78, 5) is 1.90. The molecule has 0 bridgehead atoms. The lowest BCUT2D eigenvalue weighted by molar-refractivity contribution is 0.400. The molecule has 0 aromatic heterocycles. The van der Waals surface area contributed by atoms with Gasteiger partial charge in [-0.05, 0) is 39.2 Å². The Hall–Kier alpha value is 0.150. The second kappa shape index (κ2) is 7.24. The van der Waals surface area contributed by atoms with E-state index in [2.05, 4.69) is 20.7 Å². The van der Waals surface area contributed by atoms with Crippen LogP contribution in [0.1, 0.15) is 6.42 Å². The zero-order valence-corrected chi connectivity index (χ0v) is 14.5. The first-order valence-electron chi connectivity index (χ1n) is 5.53. The summed E-state index contributed by atoms with van der Waals surface area (Å²) >= 11 is 15.1. The number of sulfonamides is 1. The molecule has 0 unspecified atom stereocenters. The number of benzene rings is 1. The third-order valence-corrected chi connectivity index (χ3v) is 5.15. The molecule has 19 heavy (non-hydrogen) atoms. The fourth-order valence-electron chi connectivity index (χ4n) is 1.46. The van der Waals surface area contributed by atoms with E-state index in [4.69, 9.17) is 23.2 Å². The smallest absolute Gasteiger partial charge is 0.243 e. The summed E-state index contributed by atoms with van der Waals surface area (Å²) in [6.07, 6.45) is 0.706. The Bertz CT molecular complexity index is 527.